The van der Waals surface area contributed by atoms with Gasteiger partial charge in [0, 0.05) is 10.4 Å². The smallest absolute Gasteiger partial charge is 0.295 e. The number of hydrogen-bond acceptors (Lipinski definition) is 1. The molecule has 0 unspecified atom stereocenters. The summed E-state index contributed by atoms with van der Waals surface area (Å²) >= 11 is 3.17. The highest BCUT2D eigenvalue weighted by Crippen LogP contribution is 2.33. The summed E-state index contributed by atoms with van der Waals surface area (Å²) in [4.78, 5) is 11.4. The lowest BCUT2D eigenvalue weighted by Crippen LogP contribution is -2.04. The highest BCUT2D eigenvalue weighted by atomic mass is 79.9. The molecule has 2 rings (SSSR count). The van der Waals surface area contributed by atoms with E-state index in [2.05, 4.69) is 15.9 Å². The van der Waals surface area contributed by atoms with E-state index in [9.17, 15) is 18.0 Å². The van der Waals surface area contributed by atoms with E-state index in [4.69, 9.17) is 0 Å². The first kappa shape index (κ1) is 13.3. The van der Waals surface area contributed by atoms with Crippen LogP contribution in [-0.4, -0.2) is 5.78 Å². The number of halogens is 4. The number of rotatable bonds is 3. The third-order valence-electron chi connectivity index (χ3n) is 2.73. The Balaban J connectivity index is 2.23. The van der Waals surface area contributed by atoms with Crippen LogP contribution in [0.5, 0.6) is 0 Å². The molecule has 0 radical (unpaired) electrons. The van der Waals surface area contributed by atoms with Crippen molar-refractivity contribution >= 4 is 27.8 Å². The quantitative estimate of drug-likeness (QED) is 0.752. The van der Waals surface area contributed by atoms with E-state index in [1.165, 1.54) is 18.2 Å². The van der Waals surface area contributed by atoms with Crippen molar-refractivity contribution in [2.45, 2.75) is 19.0 Å². The van der Waals surface area contributed by atoms with Crippen molar-refractivity contribution in [2.75, 3.05) is 0 Å². The number of ketones is 1. The Labute approximate surface area is 111 Å². The van der Waals surface area contributed by atoms with E-state index in [0.717, 1.165) is 25.0 Å². The van der Waals surface area contributed by atoms with Gasteiger partial charge >= 0.3 is 6.18 Å². The van der Waals surface area contributed by atoms with Gasteiger partial charge in [-0.05, 0) is 42.7 Å². The largest absolute Gasteiger partial charge is 0.416 e. The fourth-order valence-corrected chi connectivity index (χ4v) is 1.90. The van der Waals surface area contributed by atoms with Crippen molar-refractivity contribution in [3.8, 4) is 0 Å². The highest BCUT2D eigenvalue weighted by molar-refractivity contribution is 9.10. The minimum Gasteiger partial charge on any atom is -0.295 e. The number of hydrogen-bond donors (Lipinski definition) is 0. The Hall–Kier alpha value is -1.10. The predicted octanol–water partition coefficient (Wildman–Crippen LogP) is 4.46. The maximum Gasteiger partial charge on any atom is 0.416 e. The fourth-order valence-electron chi connectivity index (χ4n) is 1.52. The summed E-state index contributed by atoms with van der Waals surface area (Å²) in [5.74, 6) is 0.0603. The van der Waals surface area contributed by atoms with Gasteiger partial charge in [0.1, 0.15) is 0 Å². The molecule has 0 atom stereocenters. The second kappa shape index (κ2) is 4.88. The van der Waals surface area contributed by atoms with Crippen molar-refractivity contribution in [1.82, 2.24) is 0 Å². The second-order valence-corrected chi connectivity index (χ2v) is 5.10. The Morgan fingerprint density at radius 3 is 2.56 bits per heavy atom. The van der Waals surface area contributed by atoms with Gasteiger partial charge in [0.05, 0.1) is 5.56 Å². The Kier molecular flexibility index (Phi) is 3.61. The van der Waals surface area contributed by atoms with Gasteiger partial charge in [-0.1, -0.05) is 22.0 Å². The van der Waals surface area contributed by atoms with E-state index in [0.29, 0.717) is 10.0 Å². The number of allylic oxidation sites excluding steroid dienone is 1. The summed E-state index contributed by atoms with van der Waals surface area (Å²) in [5, 5.41) is 0. The maximum absolute atomic E-state index is 12.5. The van der Waals surface area contributed by atoms with Crippen molar-refractivity contribution in [3.05, 3.63) is 39.9 Å². The molecule has 1 aliphatic rings. The molecule has 1 nitrogen and oxygen atoms in total. The van der Waals surface area contributed by atoms with Crippen molar-refractivity contribution in [2.24, 2.45) is 5.92 Å². The van der Waals surface area contributed by atoms with Gasteiger partial charge in [-0.15, -0.1) is 0 Å². The molecule has 18 heavy (non-hydrogen) atoms. The van der Waals surface area contributed by atoms with Gasteiger partial charge in [-0.25, -0.2) is 0 Å². The average molecular weight is 319 g/mol. The van der Waals surface area contributed by atoms with Crippen LogP contribution in [0.3, 0.4) is 0 Å². The van der Waals surface area contributed by atoms with Gasteiger partial charge < -0.3 is 0 Å². The highest BCUT2D eigenvalue weighted by Gasteiger charge is 2.31. The topological polar surface area (TPSA) is 17.1 Å². The maximum atomic E-state index is 12.5. The van der Waals surface area contributed by atoms with Crippen LogP contribution >= 0.6 is 15.9 Å². The van der Waals surface area contributed by atoms with Gasteiger partial charge in [-0.2, -0.15) is 13.2 Å². The monoisotopic (exact) mass is 318 g/mol. The zero-order valence-electron chi connectivity index (χ0n) is 9.30. The molecule has 0 spiro atoms. The van der Waals surface area contributed by atoms with Crippen LogP contribution < -0.4 is 0 Å². The van der Waals surface area contributed by atoms with Gasteiger partial charge in [0.2, 0.25) is 0 Å². The van der Waals surface area contributed by atoms with Gasteiger partial charge in [-0.3, -0.25) is 4.79 Å². The third-order valence-corrected chi connectivity index (χ3v) is 3.45. The SMILES string of the molecule is O=C(C=Cc1cc(C(F)(F)F)ccc1Br)C1CC1. The zero-order valence-corrected chi connectivity index (χ0v) is 10.9. The van der Waals surface area contributed by atoms with E-state index in [1.54, 1.807) is 0 Å². The van der Waals surface area contributed by atoms with Crippen LogP contribution in [0.2, 0.25) is 0 Å². The van der Waals surface area contributed by atoms with Crippen molar-refractivity contribution in [1.29, 1.82) is 0 Å². The molecule has 1 aliphatic carbocycles. The van der Waals surface area contributed by atoms with Crippen LogP contribution in [0.15, 0.2) is 28.7 Å². The first-order valence-electron chi connectivity index (χ1n) is 5.46. The lowest BCUT2D eigenvalue weighted by atomic mass is 10.1. The Morgan fingerprint density at radius 2 is 2.00 bits per heavy atom. The standard InChI is InChI=1S/C13H10BrF3O/c14-11-5-4-10(13(15,16)17)7-9(11)3-6-12(18)8-1-2-8/h3-8H,1-2H2. The van der Waals surface area contributed by atoms with Crippen molar-refractivity contribution in [3.63, 3.8) is 0 Å². The molecular formula is C13H10BrF3O. The second-order valence-electron chi connectivity index (χ2n) is 4.24. The van der Waals surface area contributed by atoms with E-state index < -0.39 is 11.7 Å². The average Bonchev–Trinajstić information content (AvgIpc) is 3.09. The summed E-state index contributed by atoms with van der Waals surface area (Å²) in [6, 6.07) is 3.37. The molecule has 0 bridgehead atoms. The summed E-state index contributed by atoms with van der Waals surface area (Å²) in [7, 11) is 0. The number of carbonyl (C=O) groups is 1. The number of carbonyl (C=O) groups excluding carboxylic acids is 1. The third kappa shape index (κ3) is 3.22. The van der Waals surface area contributed by atoms with Gasteiger partial charge in [0.25, 0.3) is 0 Å². The Bertz CT molecular complexity index is 501. The molecule has 0 amide bonds. The normalized spacial score (nSPS) is 16.2. The first-order valence-corrected chi connectivity index (χ1v) is 6.26. The molecule has 1 saturated carbocycles. The molecule has 0 heterocycles. The fraction of sp³-hybridized carbons (Fsp3) is 0.308. The molecule has 0 saturated heterocycles. The van der Waals surface area contributed by atoms with Crippen LogP contribution in [0, 0.1) is 5.92 Å². The molecule has 0 N–H and O–H groups in total. The molecule has 1 fully saturated rings. The van der Waals surface area contributed by atoms with E-state index in [-0.39, 0.29) is 11.7 Å². The minimum absolute atomic E-state index is 0.0145. The Morgan fingerprint density at radius 1 is 1.33 bits per heavy atom. The van der Waals surface area contributed by atoms with Crippen LogP contribution in [0.25, 0.3) is 6.08 Å². The molecule has 5 heteroatoms. The molecule has 1 aromatic carbocycles. The summed E-state index contributed by atoms with van der Waals surface area (Å²) in [5.41, 5.74) is -0.358. The molecule has 0 aromatic heterocycles. The minimum atomic E-state index is -4.37. The molecule has 0 aliphatic heterocycles. The van der Waals surface area contributed by atoms with Crippen LogP contribution in [0.4, 0.5) is 13.2 Å². The zero-order chi connectivity index (χ0) is 13.3. The molecule has 1 aromatic rings. The lowest BCUT2D eigenvalue weighted by molar-refractivity contribution is -0.137. The number of benzene rings is 1. The van der Waals surface area contributed by atoms with E-state index >= 15 is 0 Å². The lowest BCUT2D eigenvalue weighted by Gasteiger charge is -2.08. The van der Waals surface area contributed by atoms with Gasteiger partial charge in [0.15, 0.2) is 5.78 Å². The number of alkyl halides is 3. The molecular weight excluding hydrogens is 309 g/mol. The summed E-state index contributed by atoms with van der Waals surface area (Å²) in [6.45, 7) is 0. The van der Waals surface area contributed by atoms with Crippen LogP contribution in [0.1, 0.15) is 24.0 Å². The first-order chi connectivity index (χ1) is 8.38. The summed E-state index contributed by atoms with van der Waals surface area (Å²) < 4.78 is 38.1. The molecule has 96 valence electrons. The summed E-state index contributed by atoms with van der Waals surface area (Å²) in [6.07, 6.45) is 0.182. The predicted molar refractivity (Wildman–Crippen MR) is 65.9 cm³/mol. The van der Waals surface area contributed by atoms with Crippen LogP contribution in [-0.2, 0) is 11.0 Å². The van der Waals surface area contributed by atoms with E-state index in [1.807, 2.05) is 0 Å². The van der Waals surface area contributed by atoms with Crippen molar-refractivity contribution < 1.29 is 18.0 Å².